The molecule has 1 amide bonds. The Balaban J connectivity index is 1.81. The maximum atomic E-state index is 13.0. The minimum absolute atomic E-state index is 0.157. The minimum Gasteiger partial charge on any atom is -0.495 e. The number of benzene rings is 2. The molecule has 0 unspecified atom stereocenters. The predicted octanol–water partition coefficient (Wildman–Crippen LogP) is 0.704. The lowest BCUT2D eigenvalue weighted by Gasteiger charge is -2.29. The van der Waals surface area contributed by atoms with Crippen LogP contribution < -0.4 is 15.0 Å². The normalized spacial score (nSPS) is 15.8. The molecule has 29 heavy (non-hydrogen) atoms. The van der Waals surface area contributed by atoms with E-state index in [4.69, 9.17) is 4.74 Å². The lowest BCUT2D eigenvalue weighted by Crippen LogP contribution is -3.12. The molecule has 0 saturated carbocycles. The lowest BCUT2D eigenvalue weighted by atomic mass is 10.1. The first-order valence-corrected chi connectivity index (χ1v) is 11.1. The molecule has 1 saturated heterocycles. The van der Waals surface area contributed by atoms with Crippen molar-refractivity contribution in [2.75, 3.05) is 45.7 Å². The molecule has 7 nitrogen and oxygen atoms in total. The van der Waals surface area contributed by atoms with Gasteiger partial charge in [-0.25, -0.2) is 8.42 Å². The van der Waals surface area contributed by atoms with Gasteiger partial charge < -0.3 is 15.0 Å². The Hall–Kier alpha value is -2.42. The molecule has 1 aliphatic heterocycles. The Morgan fingerprint density at radius 2 is 1.86 bits per heavy atom. The monoisotopic (exact) mass is 418 g/mol. The predicted molar refractivity (Wildman–Crippen MR) is 112 cm³/mol. The van der Waals surface area contributed by atoms with E-state index in [9.17, 15) is 13.2 Å². The van der Waals surface area contributed by atoms with E-state index in [0.717, 1.165) is 24.2 Å². The van der Waals surface area contributed by atoms with Crippen molar-refractivity contribution in [3.63, 3.8) is 0 Å². The van der Waals surface area contributed by atoms with Crippen molar-refractivity contribution in [2.45, 2.75) is 18.2 Å². The van der Waals surface area contributed by atoms with Crippen molar-refractivity contribution < 1.29 is 22.8 Å². The Bertz CT molecular complexity index is 983. The third kappa shape index (κ3) is 4.95. The topological polar surface area (TPSA) is 80.2 Å². The van der Waals surface area contributed by atoms with Crippen molar-refractivity contribution in [1.29, 1.82) is 0 Å². The third-order valence-electron chi connectivity index (χ3n) is 5.27. The molecule has 0 bridgehead atoms. The zero-order valence-corrected chi connectivity index (χ0v) is 17.9. The number of aryl methyl sites for hydroxylation is 1. The number of rotatable bonds is 6. The maximum Gasteiger partial charge on any atom is 0.243 e. The van der Waals surface area contributed by atoms with E-state index in [2.05, 4.69) is 12.4 Å². The second kappa shape index (κ2) is 8.94. The van der Waals surface area contributed by atoms with Crippen molar-refractivity contribution in [3.05, 3.63) is 53.6 Å². The molecule has 2 aromatic carbocycles. The number of nitrogens with zero attached hydrogens (tertiary/aromatic N) is 1. The molecule has 2 aromatic rings. The van der Waals surface area contributed by atoms with E-state index in [1.807, 2.05) is 31.2 Å². The van der Waals surface area contributed by atoms with E-state index < -0.39 is 10.0 Å². The zero-order valence-electron chi connectivity index (χ0n) is 17.1. The summed E-state index contributed by atoms with van der Waals surface area (Å²) in [7, 11) is -0.0764. The second-order valence-electron chi connectivity index (χ2n) is 7.37. The minimum atomic E-state index is -3.62. The van der Waals surface area contributed by atoms with Gasteiger partial charge in [0.15, 0.2) is 0 Å². The number of anilines is 1. The molecule has 0 radical (unpaired) electrons. The summed E-state index contributed by atoms with van der Waals surface area (Å²) < 4.78 is 32.9. The molecule has 0 atom stereocenters. The number of carbonyl (C=O) groups is 1. The average Bonchev–Trinajstić information content (AvgIpc) is 2.70. The van der Waals surface area contributed by atoms with Crippen LogP contribution in [0.1, 0.15) is 11.1 Å². The van der Waals surface area contributed by atoms with Crippen LogP contribution in [0.5, 0.6) is 5.75 Å². The standard InChI is InChI=1S/C21H27N3O4S/c1-16-6-4-5-7-17(16)14-21(25)22-19-15-18(8-9-20(19)28-3)29(26,27)24-12-10-23(2)11-13-24/h4-9,15H,10-14H2,1-3H3,(H,22,25)/p+1. The van der Waals surface area contributed by atoms with Gasteiger partial charge in [0, 0.05) is 0 Å². The Morgan fingerprint density at radius 1 is 1.17 bits per heavy atom. The van der Waals surface area contributed by atoms with Crippen LogP contribution >= 0.6 is 0 Å². The first-order chi connectivity index (χ1) is 13.8. The van der Waals surface area contributed by atoms with Crippen LogP contribution in [-0.4, -0.2) is 59.0 Å². The summed E-state index contributed by atoms with van der Waals surface area (Å²) in [5.74, 6) is 0.195. The molecule has 1 fully saturated rings. The number of hydrogen-bond donors (Lipinski definition) is 2. The largest absolute Gasteiger partial charge is 0.495 e. The van der Waals surface area contributed by atoms with Gasteiger partial charge in [0.25, 0.3) is 0 Å². The summed E-state index contributed by atoms with van der Waals surface area (Å²) in [6, 6.07) is 12.3. The summed E-state index contributed by atoms with van der Waals surface area (Å²) in [6.45, 7) is 4.46. The van der Waals surface area contributed by atoms with Gasteiger partial charge in [-0.3, -0.25) is 4.79 Å². The highest BCUT2D eigenvalue weighted by Gasteiger charge is 2.29. The van der Waals surface area contributed by atoms with E-state index in [1.165, 1.54) is 28.4 Å². The summed E-state index contributed by atoms with van der Waals surface area (Å²) in [5.41, 5.74) is 2.31. The number of likely N-dealkylation sites (N-methyl/N-ethyl adjacent to an activating group) is 1. The van der Waals surface area contributed by atoms with Crippen LogP contribution in [0.3, 0.4) is 0 Å². The number of piperazine rings is 1. The molecule has 1 aliphatic rings. The fourth-order valence-electron chi connectivity index (χ4n) is 3.38. The smallest absolute Gasteiger partial charge is 0.243 e. The van der Waals surface area contributed by atoms with Gasteiger partial charge in [-0.15, -0.1) is 0 Å². The van der Waals surface area contributed by atoms with Crippen LogP contribution in [0.15, 0.2) is 47.4 Å². The quantitative estimate of drug-likeness (QED) is 0.724. The fourth-order valence-corrected chi connectivity index (χ4v) is 4.85. The Labute approximate surface area is 172 Å². The van der Waals surface area contributed by atoms with E-state index >= 15 is 0 Å². The molecule has 3 rings (SSSR count). The van der Waals surface area contributed by atoms with Crippen molar-refractivity contribution >= 4 is 21.6 Å². The number of methoxy groups -OCH3 is 1. The van der Waals surface area contributed by atoms with Crippen LogP contribution in [-0.2, 0) is 21.2 Å². The van der Waals surface area contributed by atoms with E-state index in [1.54, 1.807) is 6.07 Å². The molecule has 0 aliphatic carbocycles. The number of amides is 1. The molecule has 1 heterocycles. The first-order valence-electron chi connectivity index (χ1n) is 9.65. The Morgan fingerprint density at radius 3 is 2.52 bits per heavy atom. The molecular weight excluding hydrogens is 390 g/mol. The third-order valence-corrected chi connectivity index (χ3v) is 7.17. The van der Waals surface area contributed by atoms with E-state index in [-0.39, 0.29) is 17.2 Å². The van der Waals surface area contributed by atoms with E-state index in [0.29, 0.717) is 24.5 Å². The molecule has 0 spiro atoms. The van der Waals surface area contributed by atoms with Gasteiger partial charge in [-0.05, 0) is 36.2 Å². The molecular formula is C21H28N3O4S+. The molecule has 2 N–H and O–H groups in total. The summed E-state index contributed by atoms with van der Waals surface area (Å²) >= 11 is 0. The van der Waals surface area contributed by atoms with Crippen molar-refractivity contribution in [2.24, 2.45) is 0 Å². The van der Waals surface area contributed by atoms with Crippen LogP contribution in [0.4, 0.5) is 5.69 Å². The lowest BCUT2D eigenvalue weighted by molar-refractivity contribution is -0.883. The number of nitrogens with one attached hydrogen (secondary N) is 2. The number of quaternary nitrogens is 1. The molecule has 156 valence electrons. The summed E-state index contributed by atoms with van der Waals surface area (Å²) in [4.78, 5) is 14.0. The van der Waals surface area contributed by atoms with Gasteiger partial charge in [0.2, 0.25) is 15.9 Å². The molecule has 8 heteroatoms. The van der Waals surface area contributed by atoms with Crippen LogP contribution in [0.25, 0.3) is 0 Å². The van der Waals surface area contributed by atoms with Gasteiger partial charge >= 0.3 is 0 Å². The number of sulfonamides is 1. The first kappa shape index (κ1) is 21.3. The summed E-state index contributed by atoms with van der Waals surface area (Å²) in [6.07, 6.45) is 0.202. The SMILES string of the molecule is COc1ccc(S(=O)(=O)N2CC[NH+](C)CC2)cc1NC(=O)Cc1ccccc1C. The van der Waals surface area contributed by atoms with Gasteiger partial charge in [-0.1, -0.05) is 24.3 Å². The zero-order chi connectivity index (χ0) is 21.0. The van der Waals surface area contributed by atoms with Crippen LogP contribution in [0.2, 0.25) is 0 Å². The number of hydrogen-bond acceptors (Lipinski definition) is 4. The molecule has 0 aromatic heterocycles. The maximum absolute atomic E-state index is 13.0. The van der Waals surface area contributed by atoms with Gasteiger partial charge in [-0.2, -0.15) is 4.31 Å². The second-order valence-corrected chi connectivity index (χ2v) is 9.31. The average molecular weight is 419 g/mol. The Kier molecular flexibility index (Phi) is 6.56. The highest BCUT2D eigenvalue weighted by Crippen LogP contribution is 2.29. The van der Waals surface area contributed by atoms with Gasteiger partial charge in [0.05, 0.1) is 57.3 Å². The van der Waals surface area contributed by atoms with Gasteiger partial charge in [0.1, 0.15) is 5.75 Å². The number of ether oxygens (including phenoxy) is 1. The van der Waals surface area contributed by atoms with Crippen LogP contribution in [0, 0.1) is 6.92 Å². The number of carbonyl (C=O) groups excluding carboxylic acids is 1. The van der Waals surface area contributed by atoms with Crippen molar-refractivity contribution in [1.82, 2.24) is 4.31 Å². The fraction of sp³-hybridized carbons (Fsp3) is 0.381. The summed E-state index contributed by atoms with van der Waals surface area (Å²) in [5, 5.41) is 2.81. The van der Waals surface area contributed by atoms with Crippen molar-refractivity contribution in [3.8, 4) is 5.75 Å². The highest BCUT2D eigenvalue weighted by molar-refractivity contribution is 7.89. The highest BCUT2D eigenvalue weighted by atomic mass is 32.2.